The van der Waals surface area contributed by atoms with Gasteiger partial charge in [-0.2, -0.15) is 5.10 Å². The molecule has 3 aromatic rings. The molecule has 0 aliphatic heterocycles. The molecule has 3 rings (SSSR count). The molecular weight excluding hydrogens is 453 g/mol. The summed E-state index contributed by atoms with van der Waals surface area (Å²) in [4.78, 5) is 11.6. The fourth-order valence-corrected chi connectivity index (χ4v) is 3.26. The predicted octanol–water partition coefficient (Wildman–Crippen LogP) is 5.07. The van der Waals surface area contributed by atoms with Crippen LogP contribution in [0, 0.1) is 0 Å². The van der Waals surface area contributed by atoms with Gasteiger partial charge in [-0.15, -0.1) is 13.2 Å². The van der Waals surface area contributed by atoms with E-state index >= 15 is 0 Å². The number of rotatable bonds is 10. The van der Waals surface area contributed by atoms with E-state index in [0.29, 0.717) is 35.8 Å². The summed E-state index contributed by atoms with van der Waals surface area (Å²) < 4.78 is 58.8. The molecule has 0 amide bonds. The molecular formula is C24H25F3N2O5. The number of ether oxygens (including phenoxy) is 4. The summed E-state index contributed by atoms with van der Waals surface area (Å²) in [6, 6.07) is 12.7. The largest absolute Gasteiger partial charge is 0.573 e. The molecule has 0 saturated carbocycles. The van der Waals surface area contributed by atoms with Crippen molar-refractivity contribution in [2.45, 2.75) is 32.7 Å². The molecule has 0 radical (unpaired) electrons. The molecule has 182 valence electrons. The molecule has 0 bridgehead atoms. The van der Waals surface area contributed by atoms with Gasteiger partial charge in [-0.05, 0) is 55.3 Å². The second kappa shape index (κ2) is 11.0. The van der Waals surface area contributed by atoms with Gasteiger partial charge in [0.05, 0.1) is 25.1 Å². The molecule has 0 saturated heterocycles. The van der Waals surface area contributed by atoms with Gasteiger partial charge in [0, 0.05) is 25.1 Å². The first-order valence-corrected chi connectivity index (χ1v) is 10.5. The van der Waals surface area contributed by atoms with E-state index in [1.54, 1.807) is 44.0 Å². The quantitative estimate of drug-likeness (QED) is 0.379. The van der Waals surface area contributed by atoms with Crippen LogP contribution in [0.1, 0.15) is 24.6 Å². The minimum absolute atomic E-state index is 0.212. The van der Waals surface area contributed by atoms with Crippen molar-refractivity contribution in [1.29, 1.82) is 0 Å². The zero-order valence-electron chi connectivity index (χ0n) is 19.0. The minimum atomic E-state index is -4.74. The molecule has 0 aliphatic rings. The summed E-state index contributed by atoms with van der Waals surface area (Å²) in [6.45, 7) is 2.32. The summed E-state index contributed by atoms with van der Waals surface area (Å²) in [6.07, 6.45) is -4.00. The van der Waals surface area contributed by atoms with Gasteiger partial charge in [-0.3, -0.25) is 9.48 Å². The molecule has 1 heterocycles. The Labute approximate surface area is 195 Å². The maximum atomic E-state index is 12.3. The van der Waals surface area contributed by atoms with Crippen LogP contribution >= 0.6 is 0 Å². The van der Waals surface area contributed by atoms with Crippen LogP contribution < -0.4 is 14.2 Å². The fraction of sp³-hybridized carbons (Fsp3) is 0.333. The van der Waals surface area contributed by atoms with E-state index in [1.807, 2.05) is 6.07 Å². The van der Waals surface area contributed by atoms with Crippen molar-refractivity contribution in [3.8, 4) is 28.5 Å². The molecule has 0 spiro atoms. The third-order valence-corrected chi connectivity index (χ3v) is 4.91. The van der Waals surface area contributed by atoms with Gasteiger partial charge < -0.3 is 18.9 Å². The molecule has 0 unspecified atom stereocenters. The van der Waals surface area contributed by atoms with Crippen molar-refractivity contribution >= 4 is 5.97 Å². The third-order valence-electron chi connectivity index (χ3n) is 4.91. The van der Waals surface area contributed by atoms with Gasteiger partial charge in [-0.1, -0.05) is 6.07 Å². The molecule has 7 nitrogen and oxygen atoms in total. The maximum absolute atomic E-state index is 12.3. The Morgan fingerprint density at radius 2 is 1.76 bits per heavy atom. The number of hydrogen-bond donors (Lipinski definition) is 0. The highest BCUT2D eigenvalue weighted by Crippen LogP contribution is 2.28. The van der Waals surface area contributed by atoms with Crippen LogP contribution in [0.5, 0.6) is 17.2 Å². The smallest absolute Gasteiger partial charge is 0.496 e. The van der Waals surface area contributed by atoms with Crippen LogP contribution in [0.3, 0.4) is 0 Å². The molecule has 10 heteroatoms. The Hall–Kier alpha value is -3.69. The zero-order valence-corrected chi connectivity index (χ0v) is 19.0. The van der Waals surface area contributed by atoms with E-state index in [4.69, 9.17) is 14.2 Å². The number of nitrogens with zero attached hydrogens (tertiary/aromatic N) is 2. The van der Waals surface area contributed by atoms with Crippen molar-refractivity contribution < 1.29 is 36.9 Å². The van der Waals surface area contributed by atoms with Gasteiger partial charge in [0.2, 0.25) is 0 Å². The van der Waals surface area contributed by atoms with Crippen LogP contribution in [0.4, 0.5) is 13.2 Å². The second-order valence-electron chi connectivity index (χ2n) is 7.28. The summed E-state index contributed by atoms with van der Waals surface area (Å²) in [5, 5.41) is 4.41. The number of aryl methyl sites for hydroxylation is 2. The number of methoxy groups -OCH3 is 1. The lowest BCUT2D eigenvalue weighted by Crippen LogP contribution is -2.16. The lowest BCUT2D eigenvalue weighted by Gasteiger charge is -2.12. The van der Waals surface area contributed by atoms with Gasteiger partial charge in [-0.25, -0.2) is 0 Å². The van der Waals surface area contributed by atoms with E-state index in [9.17, 15) is 18.0 Å². The van der Waals surface area contributed by atoms with Crippen molar-refractivity contribution in [2.24, 2.45) is 7.05 Å². The van der Waals surface area contributed by atoms with Crippen LogP contribution in [0.25, 0.3) is 11.3 Å². The Balaban J connectivity index is 1.64. The highest BCUT2D eigenvalue weighted by atomic mass is 19.4. The number of benzene rings is 2. The van der Waals surface area contributed by atoms with E-state index in [1.165, 1.54) is 24.3 Å². The number of esters is 1. The molecule has 0 aliphatic carbocycles. The molecule has 0 atom stereocenters. The predicted molar refractivity (Wildman–Crippen MR) is 118 cm³/mol. The van der Waals surface area contributed by atoms with Crippen LogP contribution in [0.15, 0.2) is 48.5 Å². The number of carbonyl (C=O) groups excluding carboxylic acids is 1. The van der Waals surface area contributed by atoms with Crippen LogP contribution in [0.2, 0.25) is 0 Å². The standard InChI is InChI=1S/C24H25F3N2O5/c1-4-32-23(30)12-8-17-7-11-20(14-22(17)31-3)33-15-18-13-21(28-29(18)2)16-5-9-19(10-6-16)34-24(25,26)27/h5-7,9-11,13-14H,4,8,12,15H2,1-3H3. The van der Waals surface area contributed by atoms with E-state index in [0.717, 1.165) is 11.3 Å². The van der Waals surface area contributed by atoms with Crippen molar-refractivity contribution in [3.05, 3.63) is 59.8 Å². The summed E-state index contributed by atoms with van der Waals surface area (Å²) in [7, 11) is 3.30. The Morgan fingerprint density at radius 1 is 1.06 bits per heavy atom. The van der Waals surface area contributed by atoms with E-state index in [2.05, 4.69) is 9.84 Å². The van der Waals surface area contributed by atoms with Crippen LogP contribution in [-0.4, -0.2) is 35.8 Å². The normalized spacial score (nSPS) is 11.2. The average Bonchev–Trinajstić information content (AvgIpc) is 3.16. The Kier molecular flexibility index (Phi) is 8.04. The van der Waals surface area contributed by atoms with Gasteiger partial charge in [0.1, 0.15) is 23.9 Å². The lowest BCUT2D eigenvalue weighted by molar-refractivity contribution is -0.274. The van der Waals surface area contributed by atoms with E-state index in [-0.39, 0.29) is 24.7 Å². The first-order chi connectivity index (χ1) is 16.2. The molecule has 1 aromatic heterocycles. The highest BCUT2D eigenvalue weighted by Gasteiger charge is 2.31. The fourth-order valence-electron chi connectivity index (χ4n) is 3.26. The average molecular weight is 478 g/mol. The first-order valence-electron chi connectivity index (χ1n) is 10.5. The summed E-state index contributed by atoms with van der Waals surface area (Å²) >= 11 is 0. The van der Waals surface area contributed by atoms with Crippen LogP contribution in [-0.2, 0) is 29.6 Å². The molecule has 0 N–H and O–H groups in total. The molecule has 34 heavy (non-hydrogen) atoms. The summed E-state index contributed by atoms with van der Waals surface area (Å²) in [5.74, 6) is 0.622. The molecule has 2 aromatic carbocycles. The van der Waals surface area contributed by atoms with Gasteiger partial charge in [0.15, 0.2) is 0 Å². The lowest BCUT2D eigenvalue weighted by atomic mass is 10.1. The molecule has 0 fully saturated rings. The number of aromatic nitrogens is 2. The number of carbonyl (C=O) groups is 1. The zero-order chi connectivity index (χ0) is 24.7. The number of hydrogen-bond acceptors (Lipinski definition) is 6. The SMILES string of the molecule is CCOC(=O)CCc1ccc(OCc2cc(-c3ccc(OC(F)(F)F)cc3)nn2C)cc1OC. The van der Waals surface area contributed by atoms with E-state index < -0.39 is 6.36 Å². The number of alkyl halides is 3. The maximum Gasteiger partial charge on any atom is 0.573 e. The minimum Gasteiger partial charge on any atom is -0.496 e. The Bertz CT molecular complexity index is 1110. The number of halogens is 3. The Morgan fingerprint density at radius 3 is 2.41 bits per heavy atom. The summed E-state index contributed by atoms with van der Waals surface area (Å²) in [5.41, 5.74) is 2.86. The monoisotopic (exact) mass is 478 g/mol. The topological polar surface area (TPSA) is 71.8 Å². The second-order valence-corrected chi connectivity index (χ2v) is 7.28. The van der Waals surface area contributed by atoms with Gasteiger partial charge >= 0.3 is 12.3 Å². The first kappa shape index (κ1) is 24.9. The van der Waals surface area contributed by atoms with Crippen molar-refractivity contribution in [2.75, 3.05) is 13.7 Å². The van der Waals surface area contributed by atoms with Crippen molar-refractivity contribution in [1.82, 2.24) is 9.78 Å². The van der Waals surface area contributed by atoms with Crippen molar-refractivity contribution in [3.63, 3.8) is 0 Å². The third kappa shape index (κ3) is 6.90. The highest BCUT2D eigenvalue weighted by molar-refractivity contribution is 5.69. The van der Waals surface area contributed by atoms with Gasteiger partial charge in [0.25, 0.3) is 0 Å².